The monoisotopic (exact) mass is 367 g/mol. The van der Waals surface area contributed by atoms with Gasteiger partial charge in [-0.3, -0.25) is 4.99 Å². The van der Waals surface area contributed by atoms with Gasteiger partial charge in [0, 0.05) is 37.6 Å². The highest BCUT2D eigenvalue weighted by Gasteiger charge is 2.05. The van der Waals surface area contributed by atoms with Crippen LogP contribution >= 0.6 is 11.6 Å². The van der Waals surface area contributed by atoms with E-state index in [0.29, 0.717) is 6.54 Å². The van der Waals surface area contributed by atoms with Crippen LogP contribution in [-0.2, 0) is 13.0 Å². The van der Waals surface area contributed by atoms with Crippen molar-refractivity contribution in [3.05, 3.63) is 83.4 Å². The van der Waals surface area contributed by atoms with Crippen LogP contribution in [0, 0.1) is 0 Å². The molecular formula is C20H22ClN5. The first kappa shape index (κ1) is 18.0. The molecule has 6 heteroatoms. The Kier molecular flexibility index (Phi) is 6.28. The number of rotatable bonds is 6. The summed E-state index contributed by atoms with van der Waals surface area (Å²) in [7, 11) is 1.77. The van der Waals surface area contributed by atoms with Gasteiger partial charge in [0.1, 0.15) is 0 Å². The summed E-state index contributed by atoms with van der Waals surface area (Å²) >= 11 is 6.20. The number of hydrogen-bond acceptors (Lipinski definition) is 2. The molecule has 1 aromatic heterocycles. The molecule has 0 aliphatic heterocycles. The number of para-hydroxylation sites is 1. The van der Waals surface area contributed by atoms with Gasteiger partial charge in [0.2, 0.25) is 0 Å². The standard InChI is InChI=1S/C20H22ClN5/c1-22-20(24-11-10-16-6-2-4-8-18(16)21)25-14-17-7-3-5-9-19(17)26-13-12-23-15-26/h2-9,12-13,15H,10-11,14H2,1H3,(H2,22,24,25). The van der Waals surface area contributed by atoms with Crippen molar-refractivity contribution in [3.8, 4) is 5.69 Å². The summed E-state index contributed by atoms with van der Waals surface area (Å²) < 4.78 is 2.00. The first-order chi connectivity index (χ1) is 12.8. The summed E-state index contributed by atoms with van der Waals surface area (Å²) in [6.07, 6.45) is 6.36. The average molecular weight is 368 g/mol. The van der Waals surface area contributed by atoms with Gasteiger partial charge in [0.15, 0.2) is 5.96 Å². The van der Waals surface area contributed by atoms with E-state index in [0.717, 1.165) is 35.2 Å². The molecule has 2 aromatic carbocycles. The Labute approximate surface area is 158 Å². The van der Waals surface area contributed by atoms with Gasteiger partial charge in [-0.1, -0.05) is 48.0 Å². The Morgan fingerprint density at radius 2 is 1.85 bits per heavy atom. The van der Waals surface area contributed by atoms with Gasteiger partial charge in [-0.25, -0.2) is 4.98 Å². The Bertz CT molecular complexity index is 858. The van der Waals surface area contributed by atoms with Crippen LogP contribution in [0.1, 0.15) is 11.1 Å². The molecule has 2 N–H and O–H groups in total. The highest BCUT2D eigenvalue weighted by Crippen LogP contribution is 2.15. The zero-order valence-electron chi connectivity index (χ0n) is 14.7. The van der Waals surface area contributed by atoms with Crippen molar-refractivity contribution in [3.63, 3.8) is 0 Å². The van der Waals surface area contributed by atoms with Crippen LogP contribution in [0.4, 0.5) is 0 Å². The molecule has 0 spiro atoms. The lowest BCUT2D eigenvalue weighted by Crippen LogP contribution is -2.38. The van der Waals surface area contributed by atoms with E-state index >= 15 is 0 Å². The van der Waals surface area contributed by atoms with E-state index in [1.165, 1.54) is 5.56 Å². The van der Waals surface area contributed by atoms with E-state index in [1.807, 2.05) is 47.2 Å². The summed E-state index contributed by atoms with van der Waals surface area (Å²) in [5, 5.41) is 7.49. The van der Waals surface area contributed by atoms with Gasteiger partial charge in [0.25, 0.3) is 0 Å². The third-order valence-electron chi connectivity index (χ3n) is 4.09. The van der Waals surface area contributed by atoms with Crippen LogP contribution < -0.4 is 10.6 Å². The molecule has 0 atom stereocenters. The second kappa shape index (κ2) is 9.06. The molecule has 3 rings (SSSR count). The second-order valence-corrected chi connectivity index (χ2v) is 6.20. The van der Waals surface area contributed by atoms with Crippen LogP contribution in [0.2, 0.25) is 5.02 Å². The fourth-order valence-electron chi connectivity index (χ4n) is 2.73. The molecule has 0 saturated carbocycles. The molecule has 5 nitrogen and oxygen atoms in total. The van der Waals surface area contributed by atoms with Crippen LogP contribution in [-0.4, -0.2) is 29.1 Å². The van der Waals surface area contributed by atoms with Gasteiger partial charge in [-0.2, -0.15) is 0 Å². The highest BCUT2D eigenvalue weighted by atomic mass is 35.5. The molecular weight excluding hydrogens is 346 g/mol. The van der Waals surface area contributed by atoms with E-state index in [4.69, 9.17) is 11.6 Å². The number of nitrogens with one attached hydrogen (secondary N) is 2. The van der Waals surface area contributed by atoms with Crippen molar-refractivity contribution in [1.29, 1.82) is 0 Å². The fraction of sp³-hybridized carbons (Fsp3) is 0.200. The second-order valence-electron chi connectivity index (χ2n) is 5.79. The van der Waals surface area contributed by atoms with Crippen molar-refractivity contribution >= 4 is 17.6 Å². The number of benzene rings is 2. The Morgan fingerprint density at radius 3 is 2.58 bits per heavy atom. The first-order valence-electron chi connectivity index (χ1n) is 8.52. The van der Waals surface area contributed by atoms with Crippen molar-refractivity contribution < 1.29 is 0 Å². The van der Waals surface area contributed by atoms with Crippen LogP contribution in [0.15, 0.2) is 72.2 Å². The van der Waals surface area contributed by atoms with E-state index in [-0.39, 0.29) is 0 Å². The van der Waals surface area contributed by atoms with Crippen LogP contribution in [0.5, 0.6) is 0 Å². The van der Waals surface area contributed by atoms with Gasteiger partial charge < -0.3 is 15.2 Å². The van der Waals surface area contributed by atoms with Crippen molar-refractivity contribution in [1.82, 2.24) is 20.2 Å². The lowest BCUT2D eigenvalue weighted by Gasteiger charge is -2.15. The van der Waals surface area contributed by atoms with Crippen LogP contribution in [0.25, 0.3) is 5.69 Å². The van der Waals surface area contributed by atoms with Gasteiger partial charge in [0.05, 0.1) is 12.0 Å². The zero-order valence-corrected chi connectivity index (χ0v) is 15.4. The molecule has 134 valence electrons. The van der Waals surface area contributed by atoms with Crippen LogP contribution in [0.3, 0.4) is 0 Å². The van der Waals surface area contributed by atoms with Crippen molar-refractivity contribution in [2.45, 2.75) is 13.0 Å². The highest BCUT2D eigenvalue weighted by molar-refractivity contribution is 6.31. The SMILES string of the molecule is CN=C(NCCc1ccccc1Cl)NCc1ccccc1-n1ccnc1. The normalized spacial score (nSPS) is 11.4. The van der Waals surface area contributed by atoms with E-state index in [9.17, 15) is 0 Å². The largest absolute Gasteiger partial charge is 0.356 e. The average Bonchev–Trinajstić information content (AvgIpc) is 3.21. The fourth-order valence-corrected chi connectivity index (χ4v) is 2.96. The Morgan fingerprint density at radius 1 is 1.08 bits per heavy atom. The topological polar surface area (TPSA) is 54.2 Å². The van der Waals surface area contributed by atoms with E-state index < -0.39 is 0 Å². The molecule has 0 aliphatic rings. The van der Waals surface area contributed by atoms with E-state index in [1.54, 1.807) is 19.6 Å². The van der Waals surface area contributed by atoms with Crippen molar-refractivity contribution in [2.24, 2.45) is 4.99 Å². The Hall–Kier alpha value is -2.79. The minimum absolute atomic E-state index is 0.667. The summed E-state index contributed by atoms with van der Waals surface area (Å²) in [6, 6.07) is 16.1. The molecule has 0 saturated heterocycles. The maximum absolute atomic E-state index is 6.20. The molecule has 0 unspecified atom stereocenters. The molecule has 0 amide bonds. The maximum atomic E-state index is 6.20. The summed E-state index contributed by atoms with van der Waals surface area (Å²) in [5.74, 6) is 0.762. The van der Waals surface area contributed by atoms with Gasteiger partial charge >= 0.3 is 0 Å². The lowest BCUT2D eigenvalue weighted by atomic mass is 10.1. The van der Waals surface area contributed by atoms with E-state index in [2.05, 4.69) is 32.7 Å². The smallest absolute Gasteiger partial charge is 0.191 e. The third kappa shape index (κ3) is 4.64. The predicted molar refractivity (Wildman–Crippen MR) is 107 cm³/mol. The number of imidazole rings is 1. The zero-order chi connectivity index (χ0) is 18.2. The Balaban J connectivity index is 1.56. The minimum Gasteiger partial charge on any atom is -0.356 e. The minimum atomic E-state index is 0.667. The molecule has 0 bridgehead atoms. The lowest BCUT2D eigenvalue weighted by molar-refractivity contribution is 0.791. The molecule has 3 aromatic rings. The van der Waals surface area contributed by atoms with Gasteiger partial charge in [-0.15, -0.1) is 0 Å². The molecule has 26 heavy (non-hydrogen) atoms. The summed E-state index contributed by atoms with van der Waals surface area (Å²) in [5.41, 5.74) is 3.39. The number of aliphatic imine (C=N–C) groups is 1. The number of nitrogens with zero attached hydrogens (tertiary/aromatic N) is 3. The first-order valence-corrected chi connectivity index (χ1v) is 8.90. The number of halogens is 1. The maximum Gasteiger partial charge on any atom is 0.191 e. The number of hydrogen-bond donors (Lipinski definition) is 2. The molecule has 0 fully saturated rings. The molecule has 0 aliphatic carbocycles. The molecule has 0 radical (unpaired) electrons. The summed E-state index contributed by atoms with van der Waals surface area (Å²) in [6.45, 7) is 1.42. The number of aromatic nitrogens is 2. The number of guanidine groups is 1. The third-order valence-corrected chi connectivity index (χ3v) is 4.46. The van der Waals surface area contributed by atoms with Gasteiger partial charge in [-0.05, 0) is 29.7 Å². The quantitative estimate of drug-likeness (QED) is 0.518. The summed E-state index contributed by atoms with van der Waals surface area (Å²) in [4.78, 5) is 8.41. The van der Waals surface area contributed by atoms with Crippen molar-refractivity contribution in [2.75, 3.05) is 13.6 Å². The molecule has 1 heterocycles. The predicted octanol–water partition coefficient (Wildman–Crippen LogP) is 3.43.